The van der Waals surface area contributed by atoms with Gasteiger partial charge in [-0.15, -0.1) is 0 Å². The Bertz CT molecular complexity index is 653. The minimum Gasteiger partial charge on any atom is -0.0848 e. The van der Waals surface area contributed by atoms with Crippen molar-refractivity contribution in [1.29, 1.82) is 0 Å². The summed E-state index contributed by atoms with van der Waals surface area (Å²) in [6, 6.07) is 0. The van der Waals surface area contributed by atoms with Gasteiger partial charge in [0.15, 0.2) is 0 Å². The molecule has 12 atom stereocenters. The molecule has 7 aliphatic carbocycles. The zero-order chi connectivity index (χ0) is 16.2. The van der Waals surface area contributed by atoms with Gasteiger partial charge in [0.25, 0.3) is 0 Å². The van der Waals surface area contributed by atoms with Crippen LogP contribution in [0, 0.1) is 81.8 Å². The number of allylic oxidation sites excluding steroid dienone is 2. The second kappa shape index (κ2) is 3.72. The van der Waals surface area contributed by atoms with Crippen LogP contribution in [-0.4, -0.2) is 0 Å². The number of fused-ring (bicyclic) bond motifs is 18. The number of hydrogen-bond acceptors (Lipinski definition) is 0. The van der Waals surface area contributed by atoms with Crippen molar-refractivity contribution in [3.63, 3.8) is 0 Å². The summed E-state index contributed by atoms with van der Waals surface area (Å²) in [6.45, 7) is 10.5. The first-order chi connectivity index (χ1) is 11.4. The van der Waals surface area contributed by atoms with E-state index in [1.165, 1.54) is 0 Å². The van der Waals surface area contributed by atoms with Crippen molar-refractivity contribution in [3.8, 4) is 0 Å². The second-order valence-electron chi connectivity index (χ2n) is 12.3. The molecule has 0 aromatic carbocycles. The van der Waals surface area contributed by atoms with Gasteiger partial charge >= 0.3 is 0 Å². The van der Waals surface area contributed by atoms with Crippen LogP contribution in [-0.2, 0) is 0 Å². The Morgan fingerprint density at radius 2 is 1.12 bits per heavy atom. The van der Waals surface area contributed by atoms with Crippen LogP contribution in [0.4, 0.5) is 0 Å². The third kappa shape index (κ3) is 1.16. The first kappa shape index (κ1) is 13.9. The van der Waals surface area contributed by atoms with Gasteiger partial charge < -0.3 is 0 Å². The predicted octanol–water partition coefficient (Wildman–Crippen LogP) is 5.65. The van der Waals surface area contributed by atoms with Crippen molar-refractivity contribution in [2.24, 2.45) is 81.8 Å². The highest BCUT2D eigenvalue weighted by atomic mass is 14.8. The van der Waals surface area contributed by atoms with E-state index in [1.54, 1.807) is 25.7 Å². The van der Waals surface area contributed by atoms with E-state index in [0.29, 0.717) is 10.8 Å². The molecular weight excluding hydrogens is 288 g/mol. The first-order valence-corrected chi connectivity index (χ1v) is 11.1. The molecule has 130 valence electrons. The van der Waals surface area contributed by atoms with Gasteiger partial charge in [0.2, 0.25) is 0 Å². The molecule has 6 fully saturated rings. The fourth-order valence-corrected chi connectivity index (χ4v) is 11.0. The highest BCUT2D eigenvalue weighted by Crippen LogP contribution is 2.81. The third-order valence-electron chi connectivity index (χ3n) is 12.1. The highest BCUT2D eigenvalue weighted by Gasteiger charge is 2.75. The molecule has 0 aromatic heterocycles. The number of hydrogen-bond donors (Lipinski definition) is 0. The monoisotopic (exact) mass is 322 g/mol. The smallest absolute Gasteiger partial charge is 0.0194 e. The standard InChI is InChI=1S/C24H34/c1-23(2)17-10-18(24(23,3)4)22-15(17)8-14-13-9-16(21(14)22)20-12-6-5-11(7-12)19(13)20/h5-6,11-22H,7-10H2,1-4H3. The summed E-state index contributed by atoms with van der Waals surface area (Å²) in [4.78, 5) is 0. The van der Waals surface area contributed by atoms with Gasteiger partial charge in [-0.2, -0.15) is 0 Å². The van der Waals surface area contributed by atoms with Crippen molar-refractivity contribution in [2.75, 3.05) is 0 Å². The van der Waals surface area contributed by atoms with Crippen LogP contribution in [0.25, 0.3) is 0 Å². The SMILES string of the molecule is CC1(C)C2CC(C3C2CC2C4CC(C5C6C=CC(C6)C45)C23)C1(C)C. The van der Waals surface area contributed by atoms with E-state index in [2.05, 4.69) is 39.8 Å². The first-order valence-electron chi connectivity index (χ1n) is 11.1. The molecule has 0 saturated heterocycles. The van der Waals surface area contributed by atoms with Gasteiger partial charge in [0.05, 0.1) is 0 Å². The maximum atomic E-state index is 2.64. The Balaban J connectivity index is 1.31. The lowest BCUT2D eigenvalue weighted by Gasteiger charge is -2.52. The van der Waals surface area contributed by atoms with Crippen LogP contribution in [0.5, 0.6) is 0 Å². The normalized spacial score (nSPS) is 67.8. The minimum absolute atomic E-state index is 0.573. The molecule has 0 spiro atoms. The summed E-state index contributed by atoms with van der Waals surface area (Å²) in [5.74, 6) is 13.2. The topological polar surface area (TPSA) is 0 Å². The minimum atomic E-state index is 0.573. The summed E-state index contributed by atoms with van der Waals surface area (Å²) in [5.41, 5.74) is 1.15. The second-order valence-corrected chi connectivity index (χ2v) is 12.3. The van der Waals surface area contributed by atoms with Crippen LogP contribution in [0.1, 0.15) is 53.4 Å². The van der Waals surface area contributed by atoms with E-state index in [0.717, 1.165) is 71.0 Å². The Morgan fingerprint density at radius 3 is 1.88 bits per heavy atom. The van der Waals surface area contributed by atoms with Crippen molar-refractivity contribution in [3.05, 3.63) is 12.2 Å². The molecule has 0 heterocycles. The Hall–Kier alpha value is -0.260. The summed E-state index contributed by atoms with van der Waals surface area (Å²) in [6.07, 6.45) is 11.7. The fourth-order valence-electron chi connectivity index (χ4n) is 11.0. The molecular formula is C24H34. The molecule has 12 unspecified atom stereocenters. The molecule has 0 nitrogen and oxygen atoms in total. The lowest BCUT2D eigenvalue weighted by atomic mass is 9.52. The van der Waals surface area contributed by atoms with Gasteiger partial charge in [-0.05, 0) is 108 Å². The zero-order valence-corrected chi connectivity index (χ0v) is 15.9. The van der Waals surface area contributed by atoms with Crippen LogP contribution in [0.2, 0.25) is 0 Å². The molecule has 0 N–H and O–H groups in total. The van der Waals surface area contributed by atoms with E-state index in [9.17, 15) is 0 Å². The quantitative estimate of drug-likeness (QED) is 0.399. The lowest BCUT2D eigenvalue weighted by molar-refractivity contribution is -0.0431. The average Bonchev–Trinajstić information content (AvgIpc) is 3.28. The Labute approximate surface area is 147 Å². The molecule has 6 saturated carbocycles. The largest absolute Gasteiger partial charge is 0.0848 e. The molecule has 0 heteroatoms. The van der Waals surface area contributed by atoms with E-state index >= 15 is 0 Å². The van der Waals surface area contributed by atoms with Gasteiger partial charge in [-0.25, -0.2) is 0 Å². The van der Waals surface area contributed by atoms with E-state index in [4.69, 9.17) is 0 Å². The highest BCUT2D eigenvalue weighted by molar-refractivity contribution is 5.26. The van der Waals surface area contributed by atoms with Gasteiger partial charge in [-0.1, -0.05) is 39.8 Å². The van der Waals surface area contributed by atoms with E-state index in [-0.39, 0.29) is 0 Å². The van der Waals surface area contributed by atoms with Crippen LogP contribution < -0.4 is 0 Å². The fraction of sp³-hybridized carbons (Fsp3) is 0.917. The summed E-state index contributed by atoms with van der Waals surface area (Å²) in [7, 11) is 0. The van der Waals surface area contributed by atoms with Crippen LogP contribution in [0.15, 0.2) is 12.2 Å². The van der Waals surface area contributed by atoms with Crippen LogP contribution >= 0.6 is 0 Å². The van der Waals surface area contributed by atoms with Crippen molar-refractivity contribution in [2.45, 2.75) is 53.4 Å². The molecule has 0 aliphatic heterocycles. The Morgan fingerprint density at radius 1 is 0.542 bits per heavy atom. The van der Waals surface area contributed by atoms with Crippen molar-refractivity contribution in [1.82, 2.24) is 0 Å². The predicted molar refractivity (Wildman–Crippen MR) is 97.1 cm³/mol. The summed E-state index contributed by atoms with van der Waals surface area (Å²) in [5, 5.41) is 0. The Kier molecular flexibility index (Phi) is 2.15. The molecule has 7 rings (SSSR count). The molecule has 7 aliphatic rings. The molecule has 0 radical (unpaired) electrons. The van der Waals surface area contributed by atoms with Gasteiger partial charge in [0.1, 0.15) is 0 Å². The van der Waals surface area contributed by atoms with Crippen molar-refractivity contribution >= 4 is 0 Å². The summed E-state index contributed by atoms with van der Waals surface area (Å²) >= 11 is 0. The average molecular weight is 323 g/mol. The summed E-state index contributed by atoms with van der Waals surface area (Å²) < 4.78 is 0. The molecule has 24 heavy (non-hydrogen) atoms. The maximum Gasteiger partial charge on any atom is -0.0194 e. The third-order valence-corrected chi connectivity index (χ3v) is 12.1. The maximum absolute atomic E-state index is 2.64. The van der Waals surface area contributed by atoms with E-state index < -0.39 is 0 Å². The lowest BCUT2D eigenvalue weighted by Crippen LogP contribution is -2.47. The molecule has 0 amide bonds. The molecule has 0 aromatic rings. The van der Waals surface area contributed by atoms with Gasteiger partial charge in [-0.3, -0.25) is 0 Å². The van der Waals surface area contributed by atoms with Crippen LogP contribution in [0.3, 0.4) is 0 Å². The van der Waals surface area contributed by atoms with E-state index in [1.807, 2.05) is 0 Å². The van der Waals surface area contributed by atoms with Crippen molar-refractivity contribution < 1.29 is 0 Å². The zero-order valence-electron chi connectivity index (χ0n) is 15.9. The number of rotatable bonds is 0. The van der Waals surface area contributed by atoms with Gasteiger partial charge in [0, 0.05) is 0 Å². The molecule has 6 bridgehead atoms.